The van der Waals surface area contributed by atoms with Crippen LogP contribution in [0.5, 0.6) is 5.75 Å². The number of phenols is 1. The van der Waals surface area contributed by atoms with Crippen molar-refractivity contribution in [3.8, 4) is 16.9 Å². The Labute approximate surface area is 116 Å². The summed E-state index contributed by atoms with van der Waals surface area (Å²) in [6.07, 6.45) is 0. The lowest BCUT2D eigenvalue weighted by Gasteiger charge is -2.09. The molecule has 0 aliphatic heterocycles. The molecule has 0 saturated heterocycles. The molecule has 0 fully saturated rings. The predicted molar refractivity (Wildman–Crippen MR) is 78.3 cm³/mol. The average molecular weight is 267 g/mol. The van der Waals surface area contributed by atoms with Crippen LogP contribution < -0.4 is 0 Å². The molecule has 0 radical (unpaired) electrons. The van der Waals surface area contributed by atoms with Crippen molar-refractivity contribution in [1.82, 2.24) is 4.98 Å². The summed E-state index contributed by atoms with van der Waals surface area (Å²) in [5, 5.41) is 10.5. The number of aromatic hydroxyl groups is 1. The van der Waals surface area contributed by atoms with E-state index in [-0.39, 0.29) is 11.6 Å². The van der Waals surface area contributed by atoms with Crippen LogP contribution >= 0.6 is 0 Å². The smallest absolute Gasteiger partial charge is 0.126 e. The molecule has 3 aromatic rings. The molecule has 100 valence electrons. The Bertz CT molecular complexity index is 806. The predicted octanol–water partition coefficient (Wildman–Crippen LogP) is 4.36. The fraction of sp³-hybridized carbons (Fsp3) is 0.118. The number of aromatic nitrogens is 1. The topological polar surface area (TPSA) is 33.1 Å². The summed E-state index contributed by atoms with van der Waals surface area (Å²) in [7, 11) is 0. The van der Waals surface area contributed by atoms with Gasteiger partial charge in [0, 0.05) is 17.1 Å². The van der Waals surface area contributed by atoms with Gasteiger partial charge in [0.25, 0.3) is 0 Å². The number of phenolic OH excluding ortho intramolecular Hbond substituents is 1. The van der Waals surface area contributed by atoms with Gasteiger partial charge >= 0.3 is 0 Å². The van der Waals surface area contributed by atoms with Gasteiger partial charge in [0.05, 0.1) is 5.52 Å². The third-order valence-corrected chi connectivity index (χ3v) is 3.39. The van der Waals surface area contributed by atoms with Gasteiger partial charge in [-0.05, 0) is 60.9 Å². The average Bonchev–Trinajstić information content (AvgIpc) is 2.40. The monoisotopic (exact) mass is 267 g/mol. The van der Waals surface area contributed by atoms with E-state index in [1.165, 1.54) is 6.07 Å². The maximum atomic E-state index is 13.4. The highest BCUT2D eigenvalue weighted by atomic mass is 19.1. The van der Waals surface area contributed by atoms with E-state index in [0.29, 0.717) is 5.56 Å². The highest BCUT2D eigenvalue weighted by Crippen LogP contribution is 2.31. The maximum Gasteiger partial charge on any atom is 0.126 e. The Kier molecular flexibility index (Phi) is 2.90. The van der Waals surface area contributed by atoms with Crippen molar-refractivity contribution in [2.75, 3.05) is 0 Å². The van der Waals surface area contributed by atoms with Gasteiger partial charge in [-0.2, -0.15) is 0 Å². The molecule has 3 rings (SSSR count). The Morgan fingerprint density at radius 1 is 1.00 bits per heavy atom. The summed E-state index contributed by atoms with van der Waals surface area (Å²) in [6, 6.07) is 12.2. The normalized spacial score (nSPS) is 10.9. The van der Waals surface area contributed by atoms with Gasteiger partial charge in [-0.25, -0.2) is 4.39 Å². The number of hydrogen-bond acceptors (Lipinski definition) is 2. The van der Waals surface area contributed by atoms with Gasteiger partial charge in [0.2, 0.25) is 0 Å². The molecular formula is C17H14FNO. The number of halogens is 1. The van der Waals surface area contributed by atoms with E-state index in [1.54, 1.807) is 25.1 Å². The molecule has 0 spiro atoms. The standard InChI is InChI=1S/C17H14FNO/c1-10-7-12(3-6-16(10)18)15-8-11(2)19-17-9-13(20)4-5-14(15)17/h3-9,20H,1-2H3. The van der Waals surface area contributed by atoms with Gasteiger partial charge in [0.1, 0.15) is 11.6 Å². The van der Waals surface area contributed by atoms with E-state index in [9.17, 15) is 9.50 Å². The first-order valence-electron chi connectivity index (χ1n) is 6.41. The fourth-order valence-electron chi connectivity index (χ4n) is 2.40. The molecule has 0 bridgehead atoms. The maximum absolute atomic E-state index is 13.4. The lowest BCUT2D eigenvalue weighted by molar-refractivity contribution is 0.476. The van der Waals surface area contributed by atoms with Crippen LogP contribution in [-0.2, 0) is 0 Å². The minimum absolute atomic E-state index is 0.192. The first-order chi connectivity index (χ1) is 9.54. The molecule has 0 saturated carbocycles. The molecule has 2 nitrogen and oxygen atoms in total. The quantitative estimate of drug-likeness (QED) is 0.710. The van der Waals surface area contributed by atoms with E-state index in [0.717, 1.165) is 27.7 Å². The SMILES string of the molecule is Cc1cc(-c2ccc(F)c(C)c2)c2ccc(O)cc2n1. The van der Waals surface area contributed by atoms with E-state index < -0.39 is 0 Å². The molecule has 20 heavy (non-hydrogen) atoms. The van der Waals surface area contributed by atoms with Crippen LogP contribution in [0, 0.1) is 19.7 Å². The molecule has 0 aliphatic carbocycles. The van der Waals surface area contributed by atoms with E-state index >= 15 is 0 Å². The largest absolute Gasteiger partial charge is 0.508 e. The van der Waals surface area contributed by atoms with E-state index in [4.69, 9.17) is 0 Å². The molecule has 2 aromatic carbocycles. The first kappa shape index (κ1) is 12.6. The van der Waals surface area contributed by atoms with Gasteiger partial charge in [-0.1, -0.05) is 6.07 Å². The minimum Gasteiger partial charge on any atom is -0.508 e. The Morgan fingerprint density at radius 3 is 2.55 bits per heavy atom. The number of rotatable bonds is 1. The summed E-state index contributed by atoms with van der Waals surface area (Å²) in [5.41, 5.74) is 4.16. The van der Waals surface area contributed by atoms with Crippen LogP contribution in [-0.4, -0.2) is 10.1 Å². The van der Waals surface area contributed by atoms with Crippen molar-refractivity contribution in [2.45, 2.75) is 13.8 Å². The summed E-state index contributed by atoms with van der Waals surface area (Å²) in [4.78, 5) is 4.43. The number of nitrogens with zero attached hydrogens (tertiary/aromatic N) is 1. The van der Waals surface area contributed by atoms with Gasteiger partial charge in [-0.15, -0.1) is 0 Å². The molecule has 3 heteroatoms. The van der Waals surface area contributed by atoms with Gasteiger partial charge < -0.3 is 5.11 Å². The van der Waals surface area contributed by atoms with Gasteiger partial charge in [0.15, 0.2) is 0 Å². The zero-order valence-electron chi connectivity index (χ0n) is 11.3. The second kappa shape index (κ2) is 4.60. The molecule has 0 atom stereocenters. The molecule has 0 unspecified atom stereocenters. The third kappa shape index (κ3) is 2.11. The number of fused-ring (bicyclic) bond motifs is 1. The summed E-state index contributed by atoms with van der Waals surface area (Å²) >= 11 is 0. The van der Waals surface area contributed by atoms with Crippen LogP contribution in [0.15, 0.2) is 42.5 Å². The molecule has 0 amide bonds. The van der Waals surface area contributed by atoms with Crippen LogP contribution in [0.1, 0.15) is 11.3 Å². The van der Waals surface area contributed by atoms with Crippen LogP contribution in [0.2, 0.25) is 0 Å². The van der Waals surface area contributed by atoms with E-state index in [2.05, 4.69) is 4.98 Å². The van der Waals surface area contributed by atoms with Crippen molar-refractivity contribution in [1.29, 1.82) is 0 Å². The van der Waals surface area contributed by atoms with Gasteiger partial charge in [-0.3, -0.25) is 4.98 Å². The molecule has 1 N–H and O–H groups in total. The highest BCUT2D eigenvalue weighted by Gasteiger charge is 2.08. The number of aryl methyl sites for hydroxylation is 2. The Hall–Kier alpha value is -2.42. The summed E-state index contributed by atoms with van der Waals surface area (Å²) in [5.74, 6) is -0.0154. The lowest BCUT2D eigenvalue weighted by Crippen LogP contribution is -1.90. The third-order valence-electron chi connectivity index (χ3n) is 3.39. The Morgan fingerprint density at radius 2 is 1.80 bits per heavy atom. The van der Waals surface area contributed by atoms with Crippen molar-refractivity contribution in [3.63, 3.8) is 0 Å². The van der Waals surface area contributed by atoms with Crippen molar-refractivity contribution in [3.05, 3.63) is 59.5 Å². The number of benzene rings is 2. The zero-order valence-corrected chi connectivity index (χ0v) is 11.3. The second-order valence-corrected chi connectivity index (χ2v) is 4.98. The van der Waals surface area contributed by atoms with Crippen molar-refractivity contribution >= 4 is 10.9 Å². The van der Waals surface area contributed by atoms with Crippen molar-refractivity contribution in [2.24, 2.45) is 0 Å². The number of pyridine rings is 1. The van der Waals surface area contributed by atoms with Crippen molar-refractivity contribution < 1.29 is 9.50 Å². The molecule has 0 aliphatic rings. The van der Waals surface area contributed by atoms with Crippen LogP contribution in [0.4, 0.5) is 4.39 Å². The molecular weight excluding hydrogens is 253 g/mol. The summed E-state index contributed by atoms with van der Waals surface area (Å²) in [6.45, 7) is 3.66. The lowest BCUT2D eigenvalue weighted by atomic mass is 9.98. The zero-order chi connectivity index (χ0) is 14.3. The van der Waals surface area contributed by atoms with Crippen LogP contribution in [0.25, 0.3) is 22.0 Å². The summed E-state index contributed by atoms with van der Waals surface area (Å²) < 4.78 is 13.4. The molecule has 1 heterocycles. The van der Waals surface area contributed by atoms with E-state index in [1.807, 2.05) is 25.1 Å². The second-order valence-electron chi connectivity index (χ2n) is 4.98. The fourth-order valence-corrected chi connectivity index (χ4v) is 2.40. The minimum atomic E-state index is -0.207. The Balaban J connectivity index is 2.32. The van der Waals surface area contributed by atoms with Crippen LogP contribution in [0.3, 0.4) is 0 Å². The highest BCUT2D eigenvalue weighted by molar-refractivity contribution is 5.95. The number of hydrogen-bond donors (Lipinski definition) is 1. The molecule has 1 aromatic heterocycles. The first-order valence-corrected chi connectivity index (χ1v) is 6.41.